The Morgan fingerprint density at radius 2 is 1.47 bits per heavy atom. The number of carbonyl (C=O) groups excluding carboxylic acids is 1. The van der Waals surface area contributed by atoms with Crippen LogP contribution in [-0.4, -0.2) is 12.6 Å². The molecule has 0 unspecified atom stereocenters. The fourth-order valence-electron chi connectivity index (χ4n) is 1.50. The summed E-state index contributed by atoms with van der Waals surface area (Å²) < 4.78 is 4.98. The van der Waals surface area contributed by atoms with E-state index < -0.39 is 0 Å². The van der Waals surface area contributed by atoms with Crippen LogP contribution in [0, 0.1) is 0 Å². The lowest BCUT2D eigenvalue weighted by molar-refractivity contribution is -0.137. The molecule has 19 heavy (non-hydrogen) atoms. The van der Waals surface area contributed by atoms with Crippen molar-refractivity contribution in [2.24, 2.45) is 0 Å². The molecular formula is C17H24O2. The van der Waals surface area contributed by atoms with Gasteiger partial charge in [0.05, 0.1) is 6.61 Å². The van der Waals surface area contributed by atoms with Crippen molar-refractivity contribution in [1.82, 2.24) is 0 Å². The first-order chi connectivity index (χ1) is 9.06. The summed E-state index contributed by atoms with van der Waals surface area (Å²) in [6.45, 7) is 10.1. The highest BCUT2D eigenvalue weighted by atomic mass is 16.5. The van der Waals surface area contributed by atoms with Crippen molar-refractivity contribution < 1.29 is 9.53 Å². The topological polar surface area (TPSA) is 26.3 Å². The van der Waals surface area contributed by atoms with Gasteiger partial charge in [0.25, 0.3) is 0 Å². The molecule has 104 valence electrons. The summed E-state index contributed by atoms with van der Waals surface area (Å²) in [6.07, 6.45) is 13.3. The summed E-state index contributed by atoms with van der Waals surface area (Å²) in [6, 6.07) is 0. The Balaban J connectivity index is 5.43. The second kappa shape index (κ2) is 10.1. The number of allylic oxidation sites excluding steroid dienone is 9. The van der Waals surface area contributed by atoms with Gasteiger partial charge < -0.3 is 4.74 Å². The lowest BCUT2D eigenvalue weighted by Gasteiger charge is -2.08. The number of rotatable bonds is 6. The predicted octanol–water partition coefficient (Wildman–Crippen LogP) is 4.52. The van der Waals surface area contributed by atoms with Crippen LogP contribution in [-0.2, 0) is 9.53 Å². The summed E-state index contributed by atoms with van der Waals surface area (Å²) in [5.41, 5.74) is 2.96. The predicted molar refractivity (Wildman–Crippen MR) is 81.9 cm³/mol. The van der Waals surface area contributed by atoms with E-state index >= 15 is 0 Å². The van der Waals surface area contributed by atoms with E-state index in [0.29, 0.717) is 6.61 Å². The molecule has 0 N–H and O–H groups in total. The zero-order valence-corrected chi connectivity index (χ0v) is 12.6. The molecule has 0 aromatic heterocycles. The molecule has 0 aliphatic heterocycles. The standard InChI is InChI=1S/C17H24O2/c1-6-9-11-14(4)16(13-17(18)19-8-3)15(5)12-10-7-2/h6-7,9-13H,8H2,1-5H3/b9-6-,10-7-,14-11-,15-12+,16-13+. The van der Waals surface area contributed by atoms with E-state index in [1.165, 1.54) is 0 Å². The van der Waals surface area contributed by atoms with Gasteiger partial charge in [0.15, 0.2) is 0 Å². The maximum atomic E-state index is 11.6. The molecule has 0 atom stereocenters. The Hall–Kier alpha value is -1.83. The van der Waals surface area contributed by atoms with Crippen molar-refractivity contribution >= 4 is 5.97 Å². The van der Waals surface area contributed by atoms with Gasteiger partial charge in [0.1, 0.15) is 0 Å². The molecule has 0 amide bonds. The van der Waals surface area contributed by atoms with Crippen LogP contribution in [0.1, 0.15) is 34.6 Å². The maximum absolute atomic E-state index is 11.6. The molecule has 0 bridgehead atoms. The summed E-state index contributed by atoms with van der Waals surface area (Å²) in [5.74, 6) is -0.307. The third-order valence-corrected chi connectivity index (χ3v) is 2.48. The van der Waals surface area contributed by atoms with Crippen LogP contribution in [0.4, 0.5) is 0 Å². The highest BCUT2D eigenvalue weighted by Crippen LogP contribution is 2.19. The number of esters is 1. The number of hydrogen-bond donors (Lipinski definition) is 0. The molecule has 0 saturated carbocycles. The monoisotopic (exact) mass is 260 g/mol. The molecule has 0 fully saturated rings. The molecule has 0 aromatic carbocycles. The van der Waals surface area contributed by atoms with E-state index in [4.69, 9.17) is 4.74 Å². The van der Waals surface area contributed by atoms with E-state index in [1.54, 1.807) is 13.0 Å². The van der Waals surface area contributed by atoms with Gasteiger partial charge in [-0.2, -0.15) is 0 Å². The second-order valence-corrected chi connectivity index (χ2v) is 4.06. The fraction of sp³-hybridized carbons (Fsp3) is 0.353. The van der Waals surface area contributed by atoms with Crippen molar-refractivity contribution in [1.29, 1.82) is 0 Å². The first-order valence-electron chi connectivity index (χ1n) is 6.55. The average Bonchev–Trinajstić information content (AvgIpc) is 2.39. The Morgan fingerprint density at radius 3 is 1.84 bits per heavy atom. The smallest absolute Gasteiger partial charge is 0.331 e. The van der Waals surface area contributed by atoms with Gasteiger partial charge in [-0.25, -0.2) is 4.79 Å². The minimum absolute atomic E-state index is 0.307. The van der Waals surface area contributed by atoms with E-state index in [-0.39, 0.29) is 5.97 Å². The molecule has 2 heteroatoms. The summed E-state index contributed by atoms with van der Waals surface area (Å²) in [4.78, 5) is 11.6. The van der Waals surface area contributed by atoms with Gasteiger partial charge in [0, 0.05) is 6.08 Å². The van der Waals surface area contributed by atoms with E-state index in [1.807, 2.05) is 64.2 Å². The third-order valence-electron chi connectivity index (χ3n) is 2.48. The van der Waals surface area contributed by atoms with E-state index in [9.17, 15) is 4.79 Å². The quantitative estimate of drug-likeness (QED) is 0.399. The lowest BCUT2D eigenvalue weighted by atomic mass is 9.98. The van der Waals surface area contributed by atoms with Crippen molar-refractivity contribution in [2.75, 3.05) is 6.61 Å². The van der Waals surface area contributed by atoms with Crippen molar-refractivity contribution in [2.45, 2.75) is 34.6 Å². The zero-order chi connectivity index (χ0) is 14.7. The zero-order valence-electron chi connectivity index (χ0n) is 12.6. The van der Waals surface area contributed by atoms with Crippen LogP contribution in [0.5, 0.6) is 0 Å². The van der Waals surface area contributed by atoms with Crippen LogP contribution >= 0.6 is 0 Å². The van der Waals surface area contributed by atoms with Gasteiger partial charge in [0.2, 0.25) is 0 Å². The van der Waals surface area contributed by atoms with Gasteiger partial charge >= 0.3 is 5.97 Å². The Kier molecular flexibility index (Phi) is 9.15. The SMILES string of the molecule is C\C=C/C=C(C)\C(=C/C(=O)OCC)C(\C)=C\C=C/C. The van der Waals surface area contributed by atoms with Gasteiger partial charge in [-0.1, -0.05) is 36.5 Å². The van der Waals surface area contributed by atoms with Gasteiger partial charge in [-0.15, -0.1) is 0 Å². The van der Waals surface area contributed by atoms with Crippen molar-refractivity contribution in [3.8, 4) is 0 Å². The molecule has 0 rings (SSSR count). The lowest BCUT2D eigenvalue weighted by Crippen LogP contribution is -2.02. The summed E-state index contributed by atoms with van der Waals surface area (Å²) in [5, 5.41) is 0. The largest absolute Gasteiger partial charge is 0.463 e. The minimum atomic E-state index is -0.307. The number of hydrogen-bond acceptors (Lipinski definition) is 2. The fourth-order valence-corrected chi connectivity index (χ4v) is 1.50. The molecule has 0 spiro atoms. The van der Waals surface area contributed by atoms with Crippen molar-refractivity contribution in [3.63, 3.8) is 0 Å². The molecule has 0 heterocycles. The first-order valence-corrected chi connectivity index (χ1v) is 6.55. The molecule has 0 saturated heterocycles. The normalized spacial score (nSPS) is 14.5. The first kappa shape index (κ1) is 17.2. The van der Waals surface area contributed by atoms with Gasteiger partial charge in [-0.05, 0) is 51.3 Å². The molecule has 2 nitrogen and oxygen atoms in total. The average molecular weight is 260 g/mol. The van der Waals surface area contributed by atoms with Crippen LogP contribution in [0.25, 0.3) is 0 Å². The molecule has 0 aliphatic carbocycles. The molecule has 0 radical (unpaired) electrons. The second-order valence-electron chi connectivity index (χ2n) is 4.06. The van der Waals surface area contributed by atoms with Crippen LogP contribution < -0.4 is 0 Å². The minimum Gasteiger partial charge on any atom is -0.463 e. The summed E-state index contributed by atoms with van der Waals surface area (Å²) >= 11 is 0. The molecule has 0 aromatic rings. The molecular weight excluding hydrogens is 236 g/mol. The van der Waals surface area contributed by atoms with Crippen LogP contribution in [0.3, 0.4) is 0 Å². The highest BCUT2D eigenvalue weighted by Gasteiger charge is 2.06. The Morgan fingerprint density at radius 1 is 1.00 bits per heavy atom. The Bertz CT molecular complexity index is 402. The van der Waals surface area contributed by atoms with E-state index in [2.05, 4.69) is 0 Å². The highest BCUT2D eigenvalue weighted by molar-refractivity contribution is 5.85. The maximum Gasteiger partial charge on any atom is 0.331 e. The number of carbonyl (C=O) groups is 1. The van der Waals surface area contributed by atoms with E-state index in [0.717, 1.165) is 16.7 Å². The third kappa shape index (κ3) is 7.24. The van der Waals surface area contributed by atoms with Crippen molar-refractivity contribution in [3.05, 3.63) is 59.3 Å². The van der Waals surface area contributed by atoms with Gasteiger partial charge in [-0.3, -0.25) is 0 Å². The Labute approximate surface area is 116 Å². The van der Waals surface area contributed by atoms with Crippen LogP contribution in [0.2, 0.25) is 0 Å². The number of ether oxygens (including phenoxy) is 1. The molecule has 0 aliphatic rings. The van der Waals surface area contributed by atoms with Crippen LogP contribution in [0.15, 0.2) is 59.3 Å². The summed E-state index contributed by atoms with van der Waals surface area (Å²) in [7, 11) is 0.